The summed E-state index contributed by atoms with van der Waals surface area (Å²) >= 11 is 0. The Hall–Kier alpha value is -4.80. The van der Waals surface area contributed by atoms with Gasteiger partial charge in [-0.25, -0.2) is 8.78 Å². The zero-order valence-electron chi connectivity index (χ0n) is 43.9. The minimum absolute atomic E-state index is 0.0539. The summed E-state index contributed by atoms with van der Waals surface area (Å²) in [6, 6.07) is 28.8. The van der Waals surface area contributed by atoms with Crippen molar-refractivity contribution in [1.29, 1.82) is 0 Å². The van der Waals surface area contributed by atoms with Crippen molar-refractivity contribution in [3.05, 3.63) is 108 Å². The van der Waals surface area contributed by atoms with E-state index in [0.717, 1.165) is 44.2 Å². The summed E-state index contributed by atoms with van der Waals surface area (Å²) in [5.41, 5.74) is 0.619. The minimum Gasteiger partial charge on any atom is -0.543 e. The average Bonchev–Trinajstić information content (AvgIpc) is 3.88. The molecule has 0 amide bonds. The molecule has 0 saturated carbocycles. The summed E-state index contributed by atoms with van der Waals surface area (Å²) in [7, 11) is -5.30. The van der Waals surface area contributed by atoms with Gasteiger partial charge in [-0.3, -0.25) is 9.88 Å². The van der Waals surface area contributed by atoms with Gasteiger partial charge in [-0.05, 0) is 119 Å². The lowest BCUT2D eigenvalue weighted by Gasteiger charge is -2.44. The van der Waals surface area contributed by atoms with Crippen molar-refractivity contribution < 1.29 is 27.5 Å². The van der Waals surface area contributed by atoms with Gasteiger partial charge in [0.15, 0.2) is 5.82 Å². The number of nitrogens with zero attached hydrogens (tertiary/aromatic N) is 5. The lowest BCUT2D eigenvalue weighted by Crippen LogP contribution is -2.67. The molecule has 3 aliphatic heterocycles. The van der Waals surface area contributed by atoms with Gasteiger partial charge in [0, 0.05) is 31.4 Å². The molecule has 1 N–H and O–H groups in total. The molecule has 3 saturated heterocycles. The van der Waals surface area contributed by atoms with E-state index in [9.17, 15) is 5.11 Å². The zero-order valence-corrected chi connectivity index (χ0v) is 45.9. The number of piperidine rings is 1. The molecule has 3 fully saturated rings. The number of ether oxygens (including phenoxy) is 1. The summed E-state index contributed by atoms with van der Waals surface area (Å²) in [6.07, 6.45) is 6.06. The largest absolute Gasteiger partial charge is 0.543 e. The van der Waals surface area contributed by atoms with Crippen molar-refractivity contribution in [2.24, 2.45) is 0 Å². The van der Waals surface area contributed by atoms with Crippen LogP contribution in [0.2, 0.25) is 21.7 Å². The first-order valence-electron chi connectivity index (χ1n) is 26.2. The van der Waals surface area contributed by atoms with Gasteiger partial charge in [0.2, 0.25) is 0 Å². The van der Waals surface area contributed by atoms with E-state index in [-0.39, 0.29) is 39.7 Å². The number of rotatable bonds is 15. The van der Waals surface area contributed by atoms with Gasteiger partial charge in [0.25, 0.3) is 16.6 Å². The van der Waals surface area contributed by atoms with E-state index in [4.69, 9.17) is 28.5 Å². The lowest BCUT2D eigenvalue weighted by atomic mass is 9.94. The number of pyridine rings is 1. The van der Waals surface area contributed by atoms with E-state index in [1.165, 1.54) is 16.4 Å². The molecule has 13 heteroatoms. The van der Waals surface area contributed by atoms with Gasteiger partial charge in [-0.15, -0.1) is 0 Å². The first kappa shape index (κ1) is 51.1. The van der Waals surface area contributed by atoms with Crippen molar-refractivity contribution in [1.82, 2.24) is 19.9 Å². The Morgan fingerprint density at radius 2 is 1.49 bits per heavy atom. The summed E-state index contributed by atoms with van der Waals surface area (Å²) in [5.74, 6) is 0.0920. The number of aryl methyl sites for hydroxylation is 1. The van der Waals surface area contributed by atoms with E-state index in [1.807, 2.05) is 30.9 Å². The normalized spacial score (nSPS) is 21.3. The van der Waals surface area contributed by atoms with Crippen molar-refractivity contribution in [2.75, 3.05) is 37.7 Å². The second-order valence-corrected chi connectivity index (χ2v) is 32.7. The molecule has 0 radical (unpaired) electrons. The van der Waals surface area contributed by atoms with Crippen LogP contribution < -0.4 is 24.4 Å². The monoisotopic (exact) mass is 1000 g/mol. The molecular weight excluding hydrogens is 925 g/mol. The van der Waals surface area contributed by atoms with Crippen LogP contribution in [-0.2, 0) is 10.8 Å². The maximum absolute atomic E-state index is 18.1. The Morgan fingerprint density at radius 3 is 2.10 bits per heavy atom. The van der Waals surface area contributed by atoms with Crippen LogP contribution in [0.5, 0.6) is 11.8 Å². The molecule has 71 heavy (non-hydrogen) atoms. The van der Waals surface area contributed by atoms with Gasteiger partial charge in [-0.1, -0.05) is 136 Å². The number of anilines is 1. The summed E-state index contributed by atoms with van der Waals surface area (Å²) in [6.45, 7) is 27.0. The highest BCUT2D eigenvalue weighted by Gasteiger charge is 2.56. The van der Waals surface area contributed by atoms with Crippen LogP contribution in [0.3, 0.4) is 0 Å². The molecule has 9 rings (SSSR count). The number of benzene rings is 4. The fraction of sp³-hybridized carbons (Fsp3) is 0.500. The summed E-state index contributed by atoms with van der Waals surface area (Å²) in [4.78, 5) is 19.4. The van der Waals surface area contributed by atoms with Gasteiger partial charge in [0.05, 0.1) is 22.6 Å². The van der Waals surface area contributed by atoms with Crippen molar-refractivity contribution in [2.45, 2.75) is 154 Å². The first-order valence-corrected chi connectivity index (χ1v) is 30.2. The van der Waals surface area contributed by atoms with Crippen LogP contribution >= 0.6 is 0 Å². The third kappa shape index (κ3) is 9.21. The number of β-amino-alcohol motifs (C(OH)–C–C–N with tert-alkyl or cyclic N) is 1. The zero-order chi connectivity index (χ0) is 50.7. The molecule has 3 aliphatic rings. The predicted molar refractivity (Wildman–Crippen MR) is 289 cm³/mol. The molecule has 4 aromatic carbocycles. The predicted octanol–water partition coefficient (Wildman–Crippen LogP) is 12.2. The van der Waals surface area contributed by atoms with E-state index in [2.05, 4.69) is 128 Å². The van der Waals surface area contributed by atoms with Crippen molar-refractivity contribution in [3.63, 3.8) is 0 Å². The van der Waals surface area contributed by atoms with Gasteiger partial charge < -0.3 is 23.6 Å². The van der Waals surface area contributed by atoms with Gasteiger partial charge in [0.1, 0.15) is 35.2 Å². The standard InChI is InChI=1S/C58H75F2N5O4Si2/c1-12-46-49(59)26-25-41-31-42(68-70(38(2)3,39(4)5)40(6)7)32-47(50(41)46)52-51(60)53-48(34-61-52)54(64-29-19-27-57(11,66)36-64)63-55(62-53)67-37-58-28-20-30-65(58)35-43(33-58)69-71(56(8,9)10,44-21-15-13-16-22-44)45-23-17-14-18-24-45/h13-18,21-26,31-32,34,38-40,43,66H,12,19-20,27-30,33,35-37H2,1-11H3/t43-,57-,58+/m1/s1. The molecule has 6 aromatic rings. The summed E-state index contributed by atoms with van der Waals surface area (Å²) < 4.78 is 55.7. The van der Waals surface area contributed by atoms with E-state index < -0.39 is 28.1 Å². The van der Waals surface area contributed by atoms with Crippen LogP contribution in [0.25, 0.3) is 32.9 Å². The van der Waals surface area contributed by atoms with E-state index >= 15 is 8.78 Å². The number of hydrogen-bond donors (Lipinski definition) is 1. The molecule has 0 spiro atoms. The molecule has 0 unspecified atom stereocenters. The highest BCUT2D eigenvalue weighted by molar-refractivity contribution is 6.99. The van der Waals surface area contributed by atoms with Crippen molar-refractivity contribution in [3.8, 4) is 23.0 Å². The smallest absolute Gasteiger partial charge is 0.319 e. The molecule has 5 heterocycles. The summed E-state index contributed by atoms with van der Waals surface area (Å²) in [5, 5.41) is 15.5. The Bertz CT molecular complexity index is 2820. The molecule has 378 valence electrons. The van der Waals surface area contributed by atoms with E-state index in [0.29, 0.717) is 82.6 Å². The highest BCUT2D eigenvalue weighted by atomic mass is 28.4. The average molecular weight is 1000 g/mol. The fourth-order valence-electron chi connectivity index (χ4n) is 13.2. The number of fused-ring (bicyclic) bond motifs is 3. The van der Waals surface area contributed by atoms with Crippen molar-refractivity contribution >= 4 is 54.5 Å². The maximum Gasteiger partial charge on any atom is 0.319 e. The Labute approximate surface area is 422 Å². The highest BCUT2D eigenvalue weighted by Crippen LogP contribution is 2.47. The Morgan fingerprint density at radius 1 is 0.845 bits per heavy atom. The number of halogens is 2. The lowest BCUT2D eigenvalue weighted by molar-refractivity contribution is 0.0447. The van der Waals surface area contributed by atoms with Crippen LogP contribution in [0, 0.1) is 11.6 Å². The molecule has 9 nitrogen and oxygen atoms in total. The maximum atomic E-state index is 18.1. The van der Waals surface area contributed by atoms with E-state index in [1.54, 1.807) is 12.3 Å². The second-order valence-electron chi connectivity index (χ2n) is 23.1. The number of hydrogen-bond acceptors (Lipinski definition) is 9. The SMILES string of the molecule is CCc1c(F)ccc2cc(O[Si](C(C)C)(C(C)C)C(C)C)cc(-c3ncc4c(N5CCC[C@@](C)(O)C5)nc(OC[C@@]56CCCN5C[C@H](O[Si](c5ccccc5)(c5ccccc5)C(C)(C)C)C6)nc4c3F)c12. The minimum atomic E-state index is -2.84. The number of aliphatic hydroxyl groups is 1. The molecular formula is C58H75F2N5O4Si2. The Balaban J connectivity index is 1.13. The molecule has 3 atom stereocenters. The van der Waals surface area contributed by atoms with Crippen LogP contribution in [-0.4, -0.2) is 91.6 Å². The third-order valence-corrected chi connectivity index (χ3v) is 27.5. The molecule has 0 aliphatic carbocycles. The first-order chi connectivity index (χ1) is 33.7. The third-order valence-electron chi connectivity index (χ3n) is 16.4. The topological polar surface area (TPSA) is 93.1 Å². The van der Waals surface area contributed by atoms with Crippen LogP contribution in [0.4, 0.5) is 14.6 Å². The van der Waals surface area contributed by atoms with Gasteiger partial charge >= 0.3 is 6.01 Å². The van der Waals surface area contributed by atoms with Crippen LogP contribution in [0.1, 0.15) is 114 Å². The second kappa shape index (κ2) is 19.6. The Kier molecular flexibility index (Phi) is 14.1. The van der Waals surface area contributed by atoms with Gasteiger partial charge in [-0.2, -0.15) is 9.97 Å². The fourth-order valence-corrected chi connectivity index (χ4v) is 23.1. The molecule has 2 aromatic heterocycles. The quantitative estimate of drug-likeness (QED) is 0.101. The van der Waals surface area contributed by atoms with Crippen LogP contribution in [0.15, 0.2) is 91.1 Å². The number of aromatic nitrogens is 3. The molecule has 0 bridgehead atoms.